The third-order valence-corrected chi connectivity index (χ3v) is 5.59. The van der Waals surface area contributed by atoms with Crippen molar-refractivity contribution in [2.45, 2.75) is 6.18 Å². The van der Waals surface area contributed by atoms with Crippen LogP contribution in [0.3, 0.4) is 0 Å². The first-order valence-corrected chi connectivity index (χ1v) is 11.6. The molecule has 4 N–H and O–H groups in total. The Morgan fingerprint density at radius 1 is 0.951 bits per heavy atom. The minimum Gasteiger partial charge on any atom is -0.457 e. The molecule has 0 bridgehead atoms. The fourth-order valence-electron chi connectivity index (χ4n) is 3.71. The number of halogens is 3. The number of hydrogen-bond donors (Lipinski definition) is 4. The Hall–Kier alpha value is -5.80. The van der Waals surface area contributed by atoms with Crippen LogP contribution in [0.15, 0.2) is 73.1 Å². The number of alkyl halides is 3. The zero-order valence-corrected chi connectivity index (χ0v) is 20.9. The number of rotatable bonds is 6. The highest BCUT2D eigenvalue weighted by molar-refractivity contribution is 6.01. The van der Waals surface area contributed by atoms with E-state index in [0.29, 0.717) is 27.4 Å². The molecule has 16 heteroatoms. The van der Waals surface area contributed by atoms with Crippen molar-refractivity contribution in [3.05, 3.63) is 78.6 Å². The Labute approximate surface area is 228 Å². The van der Waals surface area contributed by atoms with E-state index in [1.807, 2.05) is 0 Å². The van der Waals surface area contributed by atoms with E-state index in [9.17, 15) is 28.0 Å². The van der Waals surface area contributed by atoms with E-state index in [-0.39, 0.29) is 22.8 Å². The zero-order chi connectivity index (χ0) is 29.1. The number of nitrogens with zero attached hydrogens (tertiary/aromatic N) is 5. The number of methoxy groups -OCH3 is 1. The third-order valence-electron chi connectivity index (χ3n) is 5.59. The van der Waals surface area contributed by atoms with Gasteiger partial charge in [0.25, 0.3) is 0 Å². The monoisotopic (exact) mass is 568 g/mol. The van der Waals surface area contributed by atoms with Crippen LogP contribution >= 0.6 is 0 Å². The summed E-state index contributed by atoms with van der Waals surface area (Å²) in [5.41, 5.74) is 0.0615. The van der Waals surface area contributed by atoms with Crippen LogP contribution in [-0.2, 0) is 10.9 Å². The quantitative estimate of drug-likeness (QED) is 0.196. The van der Waals surface area contributed by atoms with Gasteiger partial charge in [0, 0.05) is 11.8 Å². The summed E-state index contributed by atoms with van der Waals surface area (Å²) >= 11 is 0. The molecular weight excluding hydrogens is 549 g/mol. The molecule has 2 aromatic heterocycles. The van der Waals surface area contributed by atoms with Crippen molar-refractivity contribution in [1.82, 2.24) is 24.7 Å². The predicted octanol–water partition coefficient (Wildman–Crippen LogP) is 5.49. The Kier molecular flexibility index (Phi) is 7.03. The first-order valence-electron chi connectivity index (χ1n) is 11.6. The molecular formula is C25H19F3N8O5. The number of urea groups is 1. The second-order valence-electron chi connectivity index (χ2n) is 8.30. The molecule has 5 rings (SSSR count). The van der Waals surface area contributed by atoms with Gasteiger partial charge in [-0.05, 0) is 54.6 Å². The van der Waals surface area contributed by atoms with Crippen molar-refractivity contribution in [2.24, 2.45) is 0 Å². The standard InChI is InChI=1S/C25H19F3N8O5/c1-40-24(38)33-22-31-18-8-7-17(13-21(18)36(22)39)41-16-5-3-15(4-6-16)30-23(37)32-19-12-14(25(26,27)28)2-9-20(19)35-11-10-29-34-35/h2-13,39H,1H3,(H2,30,32,37)(H,31,33,38). The minimum atomic E-state index is -4.62. The Morgan fingerprint density at radius 2 is 1.71 bits per heavy atom. The van der Waals surface area contributed by atoms with Gasteiger partial charge >= 0.3 is 18.3 Å². The van der Waals surface area contributed by atoms with Crippen LogP contribution < -0.4 is 20.7 Å². The summed E-state index contributed by atoms with van der Waals surface area (Å²) in [7, 11) is 1.17. The second kappa shape index (κ2) is 10.8. The lowest BCUT2D eigenvalue weighted by atomic mass is 10.1. The number of nitrogens with one attached hydrogen (secondary N) is 3. The summed E-state index contributed by atoms with van der Waals surface area (Å²) in [6, 6.07) is 12.9. The first kappa shape index (κ1) is 26.8. The molecule has 210 valence electrons. The van der Waals surface area contributed by atoms with Gasteiger partial charge in [-0.2, -0.15) is 13.2 Å². The molecule has 5 aromatic rings. The third kappa shape index (κ3) is 5.95. The van der Waals surface area contributed by atoms with Crippen LogP contribution in [-0.4, -0.2) is 49.1 Å². The van der Waals surface area contributed by atoms with Crippen molar-refractivity contribution >= 4 is 40.5 Å². The fourth-order valence-corrected chi connectivity index (χ4v) is 3.71. The molecule has 0 saturated heterocycles. The Bertz CT molecular complexity index is 1720. The number of imidazole rings is 1. The topological polar surface area (TPSA) is 157 Å². The maximum absolute atomic E-state index is 13.3. The number of aromatic nitrogens is 5. The lowest BCUT2D eigenvalue weighted by Crippen LogP contribution is -2.21. The summed E-state index contributed by atoms with van der Waals surface area (Å²) in [5, 5.41) is 25.0. The normalized spacial score (nSPS) is 11.2. The fraction of sp³-hybridized carbons (Fsp3) is 0.0800. The van der Waals surface area contributed by atoms with Gasteiger partial charge in [0.1, 0.15) is 17.0 Å². The minimum absolute atomic E-state index is 0.133. The highest BCUT2D eigenvalue weighted by atomic mass is 19.4. The van der Waals surface area contributed by atoms with Crippen LogP contribution in [0.25, 0.3) is 16.7 Å². The second-order valence-corrected chi connectivity index (χ2v) is 8.30. The number of amides is 3. The van der Waals surface area contributed by atoms with Gasteiger partial charge in [-0.1, -0.05) is 5.21 Å². The van der Waals surface area contributed by atoms with E-state index >= 15 is 0 Å². The highest BCUT2D eigenvalue weighted by Crippen LogP contribution is 2.33. The van der Waals surface area contributed by atoms with E-state index in [0.717, 1.165) is 12.1 Å². The van der Waals surface area contributed by atoms with Gasteiger partial charge in [0.15, 0.2) is 0 Å². The summed E-state index contributed by atoms with van der Waals surface area (Å²) < 4.78 is 52.0. The molecule has 0 radical (unpaired) electrons. The average molecular weight is 568 g/mol. The lowest BCUT2D eigenvalue weighted by molar-refractivity contribution is -0.137. The maximum Gasteiger partial charge on any atom is 0.416 e. The molecule has 0 fully saturated rings. The number of anilines is 3. The molecule has 0 aliphatic heterocycles. The summed E-state index contributed by atoms with van der Waals surface area (Å²) in [6.45, 7) is 0. The van der Waals surface area contributed by atoms with Gasteiger partial charge in [-0.15, -0.1) is 9.83 Å². The SMILES string of the molecule is COC(=O)Nc1nc2ccc(Oc3ccc(NC(=O)Nc4cc(C(F)(F)F)ccc4-n4ccnn4)cc3)cc2n1O. The highest BCUT2D eigenvalue weighted by Gasteiger charge is 2.31. The van der Waals surface area contributed by atoms with Gasteiger partial charge in [-0.3, -0.25) is 5.32 Å². The van der Waals surface area contributed by atoms with E-state index in [2.05, 4.69) is 36.0 Å². The van der Waals surface area contributed by atoms with E-state index < -0.39 is 23.9 Å². The molecule has 0 saturated carbocycles. The number of benzene rings is 3. The van der Waals surface area contributed by atoms with E-state index in [4.69, 9.17) is 4.74 Å². The maximum atomic E-state index is 13.3. The molecule has 0 atom stereocenters. The number of fused-ring (bicyclic) bond motifs is 1. The van der Waals surface area contributed by atoms with Crippen LogP contribution in [0.1, 0.15) is 5.56 Å². The first-order chi connectivity index (χ1) is 19.6. The summed E-state index contributed by atoms with van der Waals surface area (Å²) in [5.74, 6) is 0.566. The van der Waals surface area contributed by atoms with Crippen LogP contribution in [0.5, 0.6) is 11.5 Å². The smallest absolute Gasteiger partial charge is 0.416 e. The van der Waals surface area contributed by atoms with Crippen molar-refractivity contribution in [2.75, 3.05) is 23.1 Å². The molecule has 0 unspecified atom stereocenters. The largest absolute Gasteiger partial charge is 0.457 e. The van der Waals surface area contributed by atoms with Gasteiger partial charge in [-0.25, -0.2) is 19.3 Å². The molecule has 13 nitrogen and oxygen atoms in total. The van der Waals surface area contributed by atoms with Crippen LogP contribution in [0.4, 0.5) is 40.1 Å². The van der Waals surface area contributed by atoms with Gasteiger partial charge < -0.3 is 25.3 Å². The van der Waals surface area contributed by atoms with Crippen LogP contribution in [0.2, 0.25) is 0 Å². The lowest BCUT2D eigenvalue weighted by Gasteiger charge is -2.15. The number of carbonyl (C=O) groups excluding carboxylic acids is 2. The number of hydrogen-bond acceptors (Lipinski definition) is 8. The summed E-state index contributed by atoms with van der Waals surface area (Å²) in [6.07, 6.45) is -2.65. The zero-order valence-electron chi connectivity index (χ0n) is 20.9. The molecule has 3 aromatic carbocycles. The Balaban J connectivity index is 1.27. The predicted molar refractivity (Wildman–Crippen MR) is 138 cm³/mol. The van der Waals surface area contributed by atoms with Gasteiger partial charge in [0.2, 0.25) is 5.95 Å². The van der Waals surface area contributed by atoms with Crippen molar-refractivity contribution in [3.8, 4) is 17.2 Å². The average Bonchev–Trinajstić information content (AvgIpc) is 3.58. The molecule has 41 heavy (non-hydrogen) atoms. The van der Waals surface area contributed by atoms with Gasteiger partial charge in [0.05, 0.1) is 42.0 Å². The van der Waals surface area contributed by atoms with E-state index in [1.54, 1.807) is 24.3 Å². The molecule has 3 amide bonds. The Morgan fingerprint density at radius 3 is 2.39 bits per heavy atom. The molecule has 2 heterocycles. The number of ether oxygens (including phenoxy) is 2. The van der Waals surface area contributed by atoms with Crippen molar-refractivity contribution in [3.63, 3.8) is 0 Å². The summed E-state index contributed by atoms with van der Waals surface area (Å²) in [4.78, 5) is 28.1. The van der Waals surface area contributed by atoms with Crippen molar-refractivity contribution in [1.29, 1.82) is 0 Å². The van der Waals surface area contributed by atoms with Crippen molar-refractivity contribution < 1.29 is 37.4 Å². The van der Waals surface area contributed by atoms with E-state index in [1.165, 1.54) is 48.5 Å². The molecule has 0 aliphatic rings. The van der Waals surface area contributed by atoms with Crippen LogP contribution in [0, 0.1) is 0 Å². The number of carbonyl (C=O) groups is 2. The molecule has 0 spiro atoms. The molecule has 0 aliphatic carbocycles.